The molecule has 1 atom stereocenters. The molecule has 0 radical (unpaired) electrons. The molecule has 0 fully saturated rings. The van der Waals surface area contributed by atoms with Crippen LogP contribution in [0.3, 0.4) is 0 Å². The van der Waals surface area contributed by atoms with E-state index in [0.29, 0.717) is 4.88 Å². The van der Waals surface area contributed by atoms with Crippen molar-refractivity contribution in [3.63, 3.8) is 0 Å². The molecule has 1 aromatic heterocycles. The van der Waals surface area contributed by atoms with E-state index in [0.717, 1.165) is 16.2 Å². The summed E-state index contributed by atoms with van der Waals surface area (Å²) < 4.78 is 36.3. The van der Waals surface area contributed by atoms with Gasteiger partial charge in [0.1, 0.15) is 4.83 Å². The van der Waals surface area contributed by atoms with E-state index in [4.69, 9.17) is 0 Å². The van der Waals surface area contributed by atoms with Gasteiger partial charge in [0.25, 0.3) is 0 Å². The minimum atomic E-state index is -4.20. The van der Waals surface area contributed by atoms with Gasteiger partial charge in [-0.3, -0.25) is 0 Å². The van der Waals surface area contributed by atoms with Crippen molar-refractivity contribution in [2.45, 2.75) is 17.9 Å². The van der Waals surface area contributed by atoms with E-state index in [1.54, 1.807) is 13.0 Å². The van der Waals surface area contributed by atoms with E-state index in [2.05, 4.69) is 15.9 Å². The number of hydrogen-bond acceptors (Lipinski definition) is 1. The first-order chi connectivity index (χ1) is 5.41. The van der Waals surface area contributed by atoms with Crippen LogP contribution in [0.15, 0.2) is 12.1 Å². The number of aryl methyl sites for hydroxylation is 1. The second-order valence-electron chi connectivity index (χ2n) is 2.35. The maximum Gasteiger partial charge on any atom is 0.405 e. The standard InChI is InChI=1S/C7H6BrF3S/c1-4-2-3-5(12-4)6(8)7(9,10)11/h2-3,6H,1H3. The number of alkyl halides is 4. The third kappa shape index (κ3) is 2.23. The average Bonchev–Trinajstić information content (AvgIpc) is 2.32. The molecule has 0 saturated carbocycles. The van der Waals surface area contributed by atoms with Crippen molar-refractivity contribution in [2.75, 3.05) is 0 Å². The highest BCUT2D eigenvalue weighted by Gasteiger charge is 2.39. The molecule has 0 aliphatic rings. The molecule has 0 bridgehead atoms. The topological polar surface area (TPSA) is 0 Å². The van der Waals surface area contributed by atoms with Crippen molar-refractivity contribution in [1.29, 1.82) is 0 Å². The van der Waals surface area contributed by atoms with E-state index < -0.39 is 11.0 Å². The minimum absolute atomic E-state index is 0.306. The van der Waals surface area contributed by atoms with Gasteiger partial charge in [0.2, 0.25) is 0 Å². The molecule has 0 saturated heterocycles. The highest BCUT2D eigenvalue weighted by molar-refractivity contribution is 9.09. The van der Waals surface area contributed by atoms with Crippen LogP contribution in [-0.2, 0) is 0 Å². The predicted octanol–water partition coefficient (Wildman–Crippen LogP) is 4.05. The summed E-state index contributed by atoms with van der Waals surface area (Å²) in [6.45, 7) is 1.78. The van der Waals surface area contributed by atoms with E-state index in [1.807, 2.05) is 0 Å². The zero-order valence-electron chi connectivity index (χ0n) is 6.15. The third-order valence-electron chi connectivity index (χ3n) is 1.30. The number of hydrogen-bond donors (Lipinski definition) is 0. The maximum atomic E-state index is 12.1. The molecule has 1 aromatic rings. The summed E-state index contributed by atoms with van der Waals surface area (Å²) in [5.74, 6) is 0. The summed E-state index contributed by atoms with van der Waals surface area (Å²) in [7, 11) is 0. The van der Waals surface area contributed by atoms with Crippen LogP contribution in [0.1, 0.15) is 14.6 Å². The van der Waals surface area contributed by atoms with E-state index >= 15 is 0 Å². The Morgan fingerprint density at radius 1 is 1.42 bits per heavy atom. The lowest BCUT2D eigenvalue weighted by Crippen LogP contribution is -2.13. The monoisotopic (exact) mass is 258 g/mol. The first-order valence-corrected chi connectivity index (χ1v) is 4.91. The first kappa shape index (κ1) is 10.1. The second kappa shape index (κ2) is 3.38. The molecule has 5 heteroatoms. The van der Waals surface area contributed by atoms with Crippen molar-refractivity contribution in [1.82, 2.24) is 0 Å². The quantitative estimate of drug-likeness (QED) is 0.667. The second-order valence-corrected chi connectivity index (χ2v) is 4.59. The van der Waals surface area contributed by atoms with Crippen LogP contribution in [0.2, 0.25) is 0 Å². The summed E-state index contributed by atoms with van der Waals surface area (Å²) in [5, 5.41) is 0. The fourth-order valence-electron chi connectivity index (χ4n) is 0.751. The van der Waals surface area contributed by atoms with Crippen molar-refractivity contribution in [3.8, 4) is 0 Å². The van der Waals surface area contributed by atoms with Gasteiger partial charge in [0.05, 0.1) is 0 Å². The summed E-state index contributed by atoms with van der Waals surface area (Å²) >= 11 is 3.76. The Labute approximate surface area is 80.5 Å². The van der Waals surface area contributed by atoms with Crippen LogP contribution in [0, 0.1) is 6.92 Å². The van der Waals surface area contributed by atoms with Crippen LogP contribution in [-0.4, -0.2) is 6.18 Å². The fourth-order valence-corrected chi connectivity index (χ4v) is 2.06. The van der Waals surface area contributed by atoms with Gasteiger partial charge in [-0.05, 0) is 19.1 Å². The zero-order chi connectivity index (χ0) is 9.35. The summed E-state index contributed by atoms with van der Waals surface area (Å²) in [6, 6.07) is 3.17. The van der Waals surface area contributed by atoms with Gasteiger partial charge < -0.3 is 0 Å². The van der Waals surface area contributed by atoms with Crippen LogP contribution in [0.4, 0.5) is 13.2 Å². The highest BCUT2D eigenvalue weighted by Crippen LogP contribution is 2.42. The highest BCUT2D eigenvalue weighted by atomic mass is 79.9. The maximum absolute atomic E-state index is 12.1. The van der Waals surface area contributed by atoms with Crippen molar-refractivity contribution in [2.24, 2.45) is 0 Å². The Morgan fingerprint density at radius 3 is 2.33 bits per heavy atom. The molecule has 1 unspecified atom stereocenters. The largest absolute Gasteiger partial charge is 0.405 e. The number of thiophene rings is 1. The average molecular weight is 259 g/mol. The van der Waals surface area contributed by atoms with Gasteiger partial charge in [0, 0.05) is 9.75 Å². The summed E-state index contributed by atoms with van der Waals surface area (Å²) in [6.07, 6.45) is -4.20. The van der Waals surface area contributed by atoms with Crippen molar-refractivity contribution < 1.29 is 13.2 Å². The lowest BCUT2D eigenvalue weighted by atomic mass is 10.3. The molecule has 0 nitrogen and oxygen atoms in total. The van der Waals surface area contributed by atoms with Gasteiger partial charge in [-0.1, -0.05) is 15.9 Å². The molecule has 0 aliphatic heterocycles. The van der Waals surface area contributed by atoms with E-state index in [1.165, 1.54) is 6.07 Å². The van der Waals surface area contributed by atoms with Gasteiger partial charge in [-0.15, -0.1) is 11.3 Å². The van der Waals surface area contributed by atoms with Gasteiger partial charge in [0.15, 0.2) is 0 Å². The summed E-state index contributed by atoms with van der Waals surface area (Å²) in [4.78, 5) is -0.331. The Balaban J connectivity index is 2.85. The van der Waals surface area contributed by atoms with Crippen molar-refractivity contribution in [3.05, 3.63) is 21.9 Å². The smallest absolute Gasteiger partial charge is 0.169 e. The lowest BCUT2D eigenvalue weighted by molar-refractivity contribution is -0.127. The zero-order valence-corrected chi connectivity index (χ0v) is 8.55. The molecule has 0 amide bonds. The van der Waals surface area contributed by atoms with Crippen LogP contribution >= 0.6 is 27.3 Å². The molecular formula is C7H6BrF3S. The molecule has 12 heavy (non-hydrogen) atoms. The van der Waals surface area contributed by atoms with Crippen LogP contribution in [0.5, 0.6) is 0 Å². The first-order valence-electron chi connectivity index (χ1n) is 3.18. The third-order valence-corrected chi connectivity index (χ3v) is 3.68. The minimum Gasteiger partial charge on any atom is -0.169 e. The molecule has 1 rings (SSSR count). The number of rotatable bonds is 1. The SMILES string of the molecule is Cc1ccc(C(Br)C(F)(F)F)s1. The van der Waals surface area contributed by atoms with E-state index in [9.17, 15) is 13.2 Å². The Kier molecular flexibility index (Phi) is 2.83. The van der Waals surface area contributed by atoms with Gasteiger partial charge in [-0.25, -0.2) is 0 Å². The molecular weight excluding hydrogens is 253 g/mol. The molecule has 1 heterocycles. The van der Waals surface area contributed by atoms with Gasteiger partial charge >= 0.3 is 6.18 Å². The normalized spacial score (nSPS) is 14.8. The molecule has 0 aliphatic carbocycles. The molecule has 0 aromatic carbocycles. The van der Waals surface area contributed by atoms with Crippen LogP contribution < -0.4 is 0 Å². The molecule has 0 spiro atoms. The lowest BCUT2D eigenvalue weighted by Gasteiger charge is -2.11. The summed E-state index contributed by atoms with van der Waals surface area (Å²) in [5.41, 5.74) is 0. The molecule has 0 N–H and O–H groups in total. The Hall–Kier alpha value is -0.0300. The Morgan fingerprint density at radius 2 is 2.00 bits per heavy atom. The van der Waals surface area contributed by atoms with Crippen LogP contribution in [0.25, 0.3) is 0 Å². The molecule has 68 valence electrons. The Bertz CT molecular complexity index is 266. The van der Waals surface area contributed by atoms with E-state index in [-0.39, 0.29) is 0 Å². The van der Waals surface area contributed by atoms with Crippen molar-refractivity contribution >= 4 is 27.3 Å². The number of halogens is 4. The van der Waals surface area contributed by atoms with Gasteiger partial charge in [-0.2, -0.15) is 13.2 Å². The predicted molar refractivity (Wildman–Crippen MR) is 46.8 cm³/mol. The fraction of sp³-hybridized carbons (Fsp3) is 0.429.